The van der Waals surface area contributed by atoms with Gasteiger partial charge in [-0.25, -0.2) is 27.2 Å². The molecule has 0 bridgehead atoms. The van der Waals surface area contributed by atoms with Gasteiger partial charge in [0.05, 0.1) is 29.0 Å². The van der Waals surface area contributed by atoms with Crippen LogP contribution >= 0.6 is 0 Å². The van der Waals surface area contributed by atoms with Gasteiger partial charge in [-0.05, 0) is 57.1 Å². The van der Waals surface area contributed by atoms with Crippen molar-refractivity contribution in [1.29, 1.82) is 0 Å². The number of alkyl halides is 2. The van der Waals surface area contributed by atoms with Crippen LogP contribution in [0.15, 0.2) is 41.1 Å². The van der Waals surface area contributed by atoms with Gasteiger partial charge in [0.1, 0.15) is 29.5 Å². The molecule has 2 saturated heterocycles. The fraction of sp³-hybridized carbons (Fsp3) is 0.559. The second-order valence-electron chi connectivity index (χ2n) is 14.2. The molecular formula is C34H39F2N7O8S. The van der Waals surface area contributed by atoms with E-state index in [4.69, 9.17) is 9.26 Å². The Balaban J connectivity index is 1.19. The zero-order valence-corrected chi connectivity index (χ0v) is 29.2. The van der Waals surface area contributed by atoms with Crippen LogP contribution in [0.5, 0.6) is 5.88 Å². The van der Waals surface area contributed by atoms with Gasteiger partial charge in [0, 0.05) is 25.3 Å². The SMILES string of the molecule is Cc1cc(C(=O)NC2CCCCCC(F)(F)CC3CC3(C(=O)NS(=O)(=O)C3CC3)NC(=O)C3CC(Oc4cnc5ccccc5n4)CN3C2=O)no1. The molecule has 18 heteroatoms. The summed E-state index contributed by atoms with van der Waals surface area (Å²) in [5.74, 6) is -7.01. The smallest absolute Gasteiger partial charge is 0.274 e. The average Bonchev–Trinajstić information content (AvgIpc) is 3.98. The maximum atomic E-state index is 15.3. The van der Waals surface area contributed by atoms with Crippen molar-refractivity contribution in [2.24, 2.45) is 5.92 Å². The fourth-order valence-corrected chi connectivity index (χ4v) is 8.49. The molecule has 4 fully saturated rings. The summed E-state index contributed by atoms with van der Waals surface area (Å²) in [4.78, 5) is 65.4. The minimum Gasteiger partial charge on any atom is -0.471 e. The maximum absolute atomic E-state index is 15.3. The fourth-order valence-electron chi connectivity index (χ4n) is 7.13. The van der Waals surface area contributed by atoms with Crippen LogP contribution < -0.4 is 20.1 Å². The van der Waals surface area contributed by atoms with E-state index >= 15 is 8.78 Å². The maximum Gasteiger partial charge on any atom is 0.274 e. The normalized spacial score (nSPS) is 28.1. The van der Waals surface area contributed by atoms with Crippen molar-refractivity contribution in [3.8, 4) is 5.88 Å². The van der Waals surface area contributed by atoms with Gasteiger partial charge < -0.3 is 24.8 Å². The van der Waals surface area contributed by atoms with Crippen LogP contribution in [0.2, 0.25) is 0 Å². The Bertz CT molecular complexity index is 2010. The number of rotatable bonds is 7. The molecule has 278 valence electrons. The minimum atomic E-state index is -4.07. The molecule has 2 aromatic heterocycles. The molecule has 4 amide bonds. The third-order valence-electron chi connectivity index (χ3n) is 10.2. The summed E-state index contributed by atoms with van der Waals surface area (Å²) >= 11 is 0. The lowest BCUT2D eigenvalue weighted by molar-refractivity contribution is -0.141. The predicted octanol–water partition coefficient (Wildman–Crippen LogP) is 2.55. The zero-order valence-electron chi connectivity index (χ0n) is 28.3. The number of amides is 4. The van der Waals surface area contributed by atoms with Crippen molar-refractivity contribution in [2.45, 2.75) is 106 Å². The van der Waals surface area contributed by atoms with E-state index in [1.165, 1.54) is 17.2 Å². The van der Waals surface area contributed by atoms with Gasteiger partial charge in [0.25, 0.3) is 11.8 Å². The Kier molecular flexibility index (Phi) is 9.37. The minimum absolute atomic E-state index is 0.0680. The van der Waals surface area contributed by atoms with Crippen LogP contribution in [0.3, 0.4) is 0 Å². The van der Waals surface area contributed by atoms with Crippen molar-refractivity contribution >= 4 is 44.7 Å². The van der Waals surface area contributed by atoms with Crippen LogP contribution in [0.4, 0.5) is 8.78 Å². The van der Waals surface area contributed by atoms with Crippen molar-refractivity contribution < 1.29 is 45.6 Å². The van der Waals surface area contributed by atoms with Gasteiger partial charge in [-0.1, -0.05) is 30.1 Å². The number of para-hydroxylation sites is 2. The lowest BCUT2D eigenvalue weighted by atomic mass is 10.00. The van der Waals surface area contributed by atoms with Crippen LogP contribution in [0.1, 0.15) is 80.5 Å². The van der Waals surface area contributed by atoms with Crippen LogP contribution in [-0.4, -0.2) is 93.5 Å². The van der Waals surface area contributed by atoms with Gasteiger partial charge in [-0.2, -0.15) is 0 Å². The molecule has 1 aromatic carbocycles. The van der Waals surface area contributed by atoms with Crippen molar-refractivity contribution in [2.75, 3.05) is 6.54 Å². The van der Waals surface area contributed by atoms with E-state index in [1.807, 2.05) is 10.8 Å². The number of sulfonamides is 1. The number of nitrogens with zero attached hydrogens (tertiary/aromatic N) is 4. The Morgan fingerprint density at radius 3 is 2.58 bits per heavy atom. The summed E-state index contributed by atoms with van der Waals surface area (Å²) in [6, 6.07) is 6.05. The molecule has 7 rings (SSSR count). The summed E-state index contributed by atoms with van der Waals surface area (Å²) in [6.07, 6.45) is 0.570. The second kappa shape index (κ2) is 13.7. The van der Waals surface area contributed by atoms with Crippen molar-refractivity contribution in [3.63, 3.8) is 0 Å². The molecule has 2 aliphatic heterocycles. The lowest BCUT2D eigenvalue weighted by Crippen LogP contribution is -2.58. The molecule has 0 radical (unpaired) electrons. The number of carbonyl (C=O) groups is 4. The van der Waals surface area contributed by atoms with Gasteiger partial charge >= 0.3 is 0 Å². The molecule has 15 nitrogen and oxygen atoms in total. The highest BCUT2D eigenvalue weighted by atomic mass is 32.2. The first-order valence-corrected chi connectivity index (χ1v) is 19.0. The summed E-state index contributed by atoms with van der Waals surface area (Å²) < 4.78 is 69.2. The van der Waals surface area contributed by atoms with Crippen molar-refractivity contribution in [1.82, 2.24) is 35.4 Å². The first kappa shape index (κ1) is 35.7. The molecule has 4 heterocycles. The van der Waals surface area contributed by atoms with Gasteiger partial charge in [-0.15, -0.1) is 0 Å². The highest BCUT2D eigenvalue weighted by Gasteiger charge is 2.65. The van der Waals surface area contributed by atoms with E-state index in [0.29, 0.717) is 42.5 Å². The average molecular weight is 744 g/mol. The molecule has 2 saturated carbocycles. The highest BCUT2D eigenvalue weighted by molar-refractivity contribution is 7.91. The van der Waals surface area contributed by atoms with Gasteiger partial charge in [-0.3, -0.25) is 23.9 Å². The molecule has 52 heavy (non-hydrogen) atoms. The zero-order chi connectivity index (χ0) is 36.8. The molecular weight excluding hydrogens is 704 g/mol. The predicted molar refractivity (Wildman–Crippen MR) is 178 cm³/mol. The summed E-state index contributed by atoms with van der Waals surface area (Å²) in [5.41, 5.74) is -0.820. The first-order valence-electron chi connectivity index (χ1n) is 17.4. The number of hydrogen-bond acceptors (Lipinski definition) is 11. The number of halogens is 2. The summed E-state index contributed by atoms with van der Waals surface area (Å²) in [6.45, 7) is 1.47. The highest BCUT2D eigenvalue weighted by Crippen LogP contribution is 2.51. The third kappa shape index (κ3) is 7.56. The Labute approximate surface area is 297 Å². The second-order valence-corrected chi connectivity index (χ2v) is 16.2. The number of carbonyl (C=O) groups excluding carboxylic acids is 4. The van der Waals surface area contributed by atoms with Crippen LogP contribution in [0.25, 0.3) is 11.0 Å². The van der Waals surface area contributed by atoms with Gasteiger partial charge in [0.15, 0.2) is 5.69 Å². The van der Waals surface area contributed by atoms with E-state index in [1.54, 1.807) is 25.1 Å². The van der Waals surface area contributed by atoms with Crippen LogP contribution in [0, 0.1) is 12.8 Å². The van der Waals surface area contributed by atoms with E-state index < -0.39 is 87.3 Å². The Hall–Kier alpha value is -4.74. The largest absolute Gasteiger partial charge is 0.471 e. The number of ether oxygens (including phenoxy) is 1. The number of aryl methyl sites for hydroxylation is 1. The van der Waals surface area contributed by atoms with Crippen molar-refractivity contribution in [3.05, 3.63) is 48.0 Å². The number of aromatic nitrogens is 3. The first-order chi connectivity index (χ1) is 24.7. The molecule has 4 aliphatic rings. The number of fused-ring (bicyclic) bond motifs is 3. The van der Waals surface area contributed by atoms with Crippen LogP contribution in [-0.2, 0) is 24.4 Å². The summed E-state index contributed by atoms with van der Waals surface area (Å²) in [5, 5.41) is 8.24. The summed E-state index contributed by atoms with van der Waals surface area (Å²) in [7, 11) is -4.07. The monoisotopic (exact) mass is 743 g/mol. The standard InChI is InChI=1S/C34H39F2N7O8S/c1-19-13-26(41-51-19)29(44)39-25-9-3-2-6-12-33(35,36)15-20-16-34(20,32(47)42-52(48,49)22-10-11-22)40-30(45)27-14-21(18-43(27)31(25)46)50-28-17-37-23-7-4-5-8-24(23)38-28/h4-5,7-8,13,17,20-22,25,27H,2-3,6,9-12,14-16,18H2,1H3,(H,39,44)(H,40,45)(H,42,47). The van der Waals surface area contributed by atoms with Gasteiger partial charge in [0.2, 0.25) is 33.6 Å². The Morgan fingerprint density at radius 1 is 1.08 bits per heavy atom. The Morgan fingerprint density at radius 2 is 1.85 bits per heavy atom. The third-order valence-corrected chi connectivity index (χ3v) is 12.0. The lowest BCUT2D eigenvalue weighted by Gasteiger charge is -2.30. The molecule has 3 N–H and O–H groups in total. The molecule has 5 unspecified atom stereocenters. The molecule has 0 spiro atoms. The van der Waals surface area contributed by atoms with E-state index in [2.05, 4.69) is 25.8 Å². The quantitative estimate of drug-likeness (QED) is 0.321. The van der Waals surface area contributed by atoms with E-state index in [-0.39, 0.29) is 43.8 Å². The number of nitrogens with one attached hydrogen (secondary N) is 3. The number of hydrogen-bond donors (Lipinski definition) is 3. The molecule has 3 aromatic rings. The number of benzene rings is 1. The van der Waals surface area contributed by atoms with E-state index in [0.717, 1.165) is 0 Å². The molecule has 5 atom stereocenters. The molecule has 2 aliphatic carbocycles. The van der Waals surface area contributed by atoms with E-state index in [9.17, 15) is 27.6 Å². The topological polar surface area (TPSA) is 203 Å².